The van der Waals surface area contributed by atoms with E-state index in [-0.39, 0.29) is 11.7 Å². The van der Waals surface area contributed by atoms with Crippen LogP contribution in [-0.4, -0.2) is 11.8 Å². The third-order valence-electron chi connectivity index (χ3n) is 1.82. The van der Waals surface area contributed by atoms with Crippen LogP contribution in [0.15, 0.2) is 22.8 Å². The van der Waals surface area contributed by atoms with Crippen molar-refractivity contribution in [2.45, 2.75) is 26.2 Å². The van der Waals surface area contributed by atoms with Crippen molar-refractivity contribution in [1.29, 1.82) is 0 Å². The molecule has 1 heterocycles. The Hall–Kier alpha value is -1.78. The first-order valence-corrected chi connectivity index (χ1v) is 4.86. The Labute approximate surface area is 87.8 Å². The Balaban J connectivity index is 2.25. The van der Waals surface area contributed by atoms with Gasteiger partial charge in [-0.25, -0.2) is 0 Å². The zero-order chi connectivity index (χ0) is 11.1. The molecule has 1 aromatic rings. The zero-order valence-electron chi connectivity index (χ0n) is 8.58. The van der Waals surface area contributed by atoms with E-state index in [2.05, 4.69) is 10.9 Å². The molecule has 2 amide bonds. The SMILES string of the molecule is CCCCC(=O)NNC(=O)c1ccco1. The number of hydrogen-bond acceptors (Lipinski definition) is 3. The van der Waals surface area contributed by atoms with Crippen LogP contribution in [0.1, 0.15) is 36.7 Å². The molecule has 0 atom stereocenters. The van der Waals surface area contributed by atoms with Crippen molar-refractivity contribution in [3.63, 3.8) is 0 Å². The molecule has 0 bridgehead atoms. The van der Waals surface area contributed by atoms with Crippen LogP contribution in [0, 0.1) is 0 Å². The highest BCUT2D eigenvalue weighted by Crippen LogP contribution is 1.98. The van der Waals surface area contributed by atoms with Gasteiger partial charge in [0, 0.05) is 6.42 Å². The van der Waals surface area contributed by atoms with E-state index < -0.39 is 5.91 Å². The molecular weight excluding hydrogens is 196 g/mol. The van der Waals surface area contributed by atoms with E-state index in [4.69, 9.17) is 4.42 Å². The third-order valence-corrected chi connectivity index (χ3v) is 1.82. The lowest BCUT2D eigenvalue weighted by molar-refractivity contribution is -0.121. The van der Waals surface area contributed by atoms with Crippen molar-refractivity contribution in [2.24, 2.45) is 0 Å². The predicted molar refractivity (Wildman–Crippen MR) is 53.8 cm³/mol. The summed E-state index contributed by atoms with van der Waals surface area (Å²) in [5.41, 5.74) is 4.57. The van der Waals surface area contributed by atoms with Gasteiger partial charge in [-0.2, -0.15) is 0 Å². The second-order valence-corrected chi connectivity index (χ2v) is 3.08. The normalized spacial score (nSPS) is 9.67. The summed E-state index contributed by atoms with van der Waals surface area (Å²) in [7, 11) is 0. The van der Waals surface area contributed by atoms with Crippen molar-refractivity contribution in [1.82, 2.24) is 10.9 Å². The summed E-state index contributed by atoms with van der Waals surface area (Å²) in [5.74, 6) is -0.479. The molecule has 1 rings (SSSR count). The molecule has 0 aliphatic rings. The van der Waals surface area contributed by atoms with Crippen molar-refractivity contribution < 1.29 is 14.0 Å². The topological polar surface area (TPSA) is 71.3 Å². The summed E-state index contributed by atoms with van der Waals surface area (Å²) in [4.78, 5) is 22.4. The number of unbranched alkanes of at least 4 members (excludes halogenated alkanes) is 1. The van der Waals surface area contributed by atoms with Gasteiger partial charge in [0.15, 0.2) is 5.76 Å². The Kier molecular flexibility index (Phi) is 4.40. The molecule has 1 aromatic heterocycles. The first-order chi connectivity index (χ1) is 7.24. The van der Waals surface area contributed by atoms with Crippen LogP contribution >= 0.6 is 0 Å². The third kappa shape index (κ3) is 3.84. The maximum atomic E-state index is 11.3. The van der Waals surface area contributed by atoms with Gasteiger partial charge in [0.2, 0.25) is 5.91 Å². The van der Waals surface area contributed by atoms with Gasteiger partial charge in [0.25, 0.3) is 0 Å². The molecular formula is C10H14N2O3. The number of furan rings is 1. The molecule has 0 unspecified atom stereocenters. The van der Waals surface area contributed by atoms with Crippen LogP contribution in [0.5, 0.6) is 0 Å². The Morgan fingerprint density at radius 2 is 2.20 bits per heavy atom. The van der Waals surface area contributed by atoms with E-state index in [1.807, 2.05) is 6.92 Å². The Morgan fingerprint density at radius 1 is 1.40 bits per heavy atom. The van der Waals surface area contributed by atoms with Crippen LogP contribution in [0.25, 0.3) is 0 Å². The van der Waals surface area contributed by atoms with Gasteiger partial charge in [0.1, 0.15) is 0 Å². The number of rotatable bonds is 4. The molecule has 82 valence electrons. The van der Waals surface area contributed by atoms with Gasteiger partial charge in [-0.1, -0.05) is 13.3 Å². The molecule has 5 nitrogen and oxygen atoms in total. The Bertz CT molecular complexity index is 319. The molecule has 0 fully saturated rings. The minimum absolute atomic E-state index is 0.172. The monoisotopic (exact) mass is 210 g/mol. The fraction of sp³-hybridized carbons (Fsp3) is 0.400. The largest absolute Gasteiger partial charge is 0.459 e. The minimum Gasteiger partial charge on any atom is -0.459 e. The van der Waals surface area contributed by atoms with Gasteiger partial charge in [-0.05, 0) is 18.6 Å². The molecule has 0 aromatic carbocycles. The van der Waals surface area contributed by atoms with Crippen molar-refractivity contribution >= 4 is 11.8 Å². The van der Waals surface area contributed by atoms with E-state index in [0.717, 1.165) is 12.8 Å². The molecule has 0 spiro atoms. The first kappa shape index (κ1) is 11.3. The van der Waals surface area contributed by atoms with Gasteiger partial charge in [0.05, 0.1) is 6.26 Å². The van der Waals surface area contributed by atoms with Crippen molar-refractivity contribution in [3.05, 3.63) is 24.2 Å². The van der Waals surface area contributed by atoms with Gasteiger partial charge >= 0.3 is 5.91 Å². The highest BCUT2D eigenvalue weighted by Gasteiger charge is 2.08. The highest BCUT2D eigenvalue weighted by atomic mass is 16.3. The fourth-order valence-electron chi connectivity index (χ4n) is 0.996. The van der Waals surface area contributed by atoms with Gasteiger partial charge in [-0.15, -0.1) is 0 Å². The number of carbonyl (C=O) groups is 2. The van der Waals surface area contributed by atoms with Crippen molar-refractivity contribution in [3.8, 4) is 0 Å². The van der Waals surface area contributed by atoms with Crippen LogP contribution in [0.4, 0.5) is 0 Å². The van der Waals surface area contributed by atoms with Crippen LogP contribution in [0.3, 0.4) is 0 Å². The second kappa shape index (κ2) is 5.85. The summed E-state index contributed by atoms with van der Waals surface area (Å²) in [6.45, 7) is 1.99. The summed E-state index contributed by atoms with van der Waals surface area (Å²) in [6, 6.07) is 3.13. The number of carbonyl (C=O) groups excluding carboxylic acids is 2. The summed E-state index contributed by atoms with van der Waals surface area (Å²) < 4.78 is 4.85. The smallest absolute Gasteiger partial charge is 0.305 e. The van der Waals surface area contributed by atoms with E-state index in [1.165, 1.54) is 12.3 Å². The molecule has 15 heavy (non-hydrogen) atoms. The van der Waals surface area contributed by atoms with Crippen molar-refractivity contribution in [2.75, 3.05) is 0 Å². The van der Waals surface area contributed by atoms with E-state index in [1.54, 1.807) is 6.07 Å². The number of hydrogen-bond donors (Lipinski definition) is 2. The van der Waals surface area contributed by atoms with Crippen LogP contribution in [-0.2, 0) is 4.79 Å². The van der Waals surface area contributed by atoms with Gasteiger partial charge in [-0.3, -0.25) is 20.4 Å². The predicted octanol–water partition coefficient (Wildman–Crippen LogP) is 1.23. The van der Waals surface area contributed by atoms with Gasteiger partial charge < -0.3 is 4.42 Å². The number of hydrazine groups is 1. The summed E-state index contributed by atoms with van der Waals surface area (Å²) in [5, 5.41) is 0. The minimum atomic E-state index is -0.454. The molecule has 0 saturated carbocycles. The van der Waals surface area contributed by atoms with Crippen LogP contribution in [0.2, 0.25) is 0 Å². The van der Waals surface area contributed by atoms with E-state index >= 15 is 0 Å². The molecule has 0 radical (unpaired) electrons. The lowest BCUT2D eigenvalue weighted by atomic mass is 10.2. The Morgan fingerprint density at radius 3 is 2.80 bits per heavy atom. The molecule has 0 aliphatic heterocycles. The molecule has 5 heteroatoms. The quantitative estimate of drug-likeness (QED) is 0.734. The summed E-state index contributed by atoms with van der Waals surface area (Å²) in [6.07, 6.45) is 3.56. The number of nitrogens with one attached hydrogen (secondary N) is 2. The van der Waals surface area contributed by atoms with E-state index in [9.17, 15) is 9.59 Å². The molecule has 2 N–H and O–H groups in total. The standard InChI is InChI=1S/C10H14N2O3/c1-2-3-6-9(13)11-12-10(14)8-5-4-7-15-8/h4-5,7H,2-3,6H2,1H3,(H,11,13)(H,12,14). The zero-order valence-corrected chi connectivity index (χ0v) is 8.58. The maximum Gasteiger partial charge on any atom is 0.305 e. The number of amides is 2. The fourth-order valence-corrected chi connectivity index (χ4v) is 0.996. The van der Waals surface area contributed by atoms with Crippen LogP contribution < -0.4 is 10.9 Å². The highest BCUT2D eigenvalue weighted by molar-refractivity contribution is 5.92. The average Bonchev–Trinajstić information content (AvgIpc) is 2.76. The van der Waals surface area contributed by atoms with E-state index in [0.29, 0.717) is 6.42 Å². The average molecular weight is 210 g/mol. The molecule has 0 aliphatic carbocycles. The molecule has 0 saturated heterocycles. The lowest BCUT2D eigenvalue weighted by Gasteiger charge is -2.04. The second-order valence-electron chi connectivity index (χ2n) is 3.08. The lowest BCUT2D eigenvalue weighted by Crippen LogP contribution is -2.41. The summed E-state index contributed by atoms with van der Waals surface area (Å²) >= 11 is 0. The first-order valence-electron chi connectivity index (χ1n) is 4.86. The maximum absolute atomic E-state index is 11.3.